The van der Waals surface area contributed by atoms with Crippen LogP contribution in [0.1, 0.15) is 32.3 Å². The normalized spacial score (nSPS) is 11.5. The number of rotatable bonds is 5. The molecule has 1 aromatic heterocycles. The lowest BCUT2D eigenvalue weighted by molar-refractivity contribution is 0.517. The fourth-order valence-electron chi connectivity index (χ4n) is 2.36. The number of hydrogen-bond donors (Lipinski definition) is 1. The van der Waals surface area contributed by atoms with Crippen molar-refractivity contribution in [3.8, 4) is 0 Å². The Hall–Kier alpha value is -1.28. The summed E-state index contributed by atoms with van der Waals surface area (Å²) in [6.45, 7) is 6.27. The van der Waals surface area contributed by atoms with Crippen LogP contribution in [-0.2, 0) is 13.1 Å². The van der Waals surface area contributed by atoms with Crippen molar-refractivity contribution in [3.63, 3.8) is 0 Å². The van der Waals surface area contributed by atoms with Gasteiger partial charge in [0.05, 0.1) is 5.52 Å². The van der Waals surface area contributed by atoms with E-state index in [1.165, 1.54) is 29.3 Å². The van der Waals surface area contributed by atoms with Crippen LogP contribution >= 0.6 is 0 Å². The molecule has 2 rings (SSSR count). The molecule has 2 N–H and O–H groups in total. The third-order valence-electron chi connectivity index (χ3n) is 3.27. The summed E-state index contributed by atoms with van der Waals surface area (Å²) in [5, 5.41) is 1.30. The van der Waals surface area contributed by atoms with Crippen LogP contribution in [0.4, 0.5) is 0 Å². The van der Waals surface area contributed by atoms with E-state index >= 15 is 0 Å². The van der Waals surface area contributed by atoms with Gasteiger partial charge >= 0.3 is 0 Å². The van der Waals surface area contributed by atoms with Crippen LogP contribution in [0.5, 0.6) is 0 Å². The lowest BCUT2D eigenvalue weighted by atomic mass is 10.1. The number of fused-ring (bicyclic) bond motifs is 1. The average molecular weight is 230 g/mol. The van der Waals surface area contributed by atoms with Crippen molar-refractivity contribution < 1.29 is 0 Å². The van der Waals surface area contributed by atoms with Crippen LogP contribution in [0.15, 0.2) is 30.5 Å². The maximum atomic E-state index is 5.81. The second kappa shape index (κ2) is 5.37. The minimum absolute atomic E-state index is 0.617. The van der Waals surface area contributed by atoms with E-state index in [-0.39, 0.29) is 0 Å². The van der Waals surface area contributed by atoms with Gasteiger partial charge < -0.3 is 10.3 Å². The van der Waals surface area contributed by atoms with Gasteiger partial charge in [0, 0.05) is 19.3 Å². The smallest absolute Gasteiger partial charge is 0.0525 e. The molecule has 2 aromatic rings. The van der Waals surface area contributed by atoms with E-state index in [0.29, 0.717) is 6.54 Å². The Morgan fingerprint density at radius 3 is 2.76 bits per heavy atom. The summed E-state index contributed by atoms with van der Waals surface area (Å²) in [6.07, 6.45) is 4.70. The molecule has 2 nitrogen and oxygen atoms in total. The quantitative estimate of drug-likeness (QED) is 0.837. The van der Waals surface area contributed by atoms with Gasteiger partial charge in [-0.15, -0.1) is 0 Å². The van der Waals surface area contributed by atoms with E-state index in [2.05, 4.69) is 48.9 Å². The van der Waals surface area contributed by atoms with Crippen molar-refractivity contribution in [2.45, 2.75) is 39.8 Å². The standard InChI is InChI=1S/C15H22N2/c1-12(2)5-4-9-17-10-8-13-6-3-7-14(11-16)15(13)17/h3,6-8,10,12H,4-5,9,11,16H2,1-2H3. The minimum atomic E-state index is 0.617. The summed E-state index contributed by atoms with van der Waals surface area (Å²) in [7, 11) is 0. The van der Waals surface area contributed by atoms with Crippen molar-refractivity contribution in [2.75, 3.05) is 0 Å². The SMILES string of the molecule is CC(C)CCCn1ccc2cccc(CN)c21. The van der Waals surface area contributed by atoms with Crippen molar-refractivity contribution in [1.82, 2.24) is 4.57 Å². The van der Waals surface area contributed by atoms with Gasteiger partial charge in [0.2, 0.25) is 0 Å². The Morgan fingerprint density at radius 1 is 1.24 bits per heavy atom. The molecular weight excluding hydrogens is 208 g/mol. The lowest BCUT2D eigenvalue weighted by Gasteiger charge is -2.09. The van der Waals surface area contributed by atoms with Gasteiger partial charge in [-0.25, -0.2) is 0 Å². The van der Waals surface area contributed by atoms with Crippen LogP contribution in [0.2, 0.25) is 0 Å². The number of nitrogens with two attached hydrogens (primary N) is 1. The third-order valence-corrected chi connectivity index (χ3v) is 3.27. The third kappa shape index (κ3) is 2.70. The molecule has 17 heavy (non-hydrogen) atoms. The number of para-hydroxylation sites is 1. The molecule has 0 saturated heterocycles. The van der Waals surface area contributed by atoms with Gasteiger partial charge in [0.25, 0.3) is 0 Å². The predicted octanol–water partition coefficient (Wildman–Crippen LogP) is 3.54. The van der Waals surface area contributed by atoms with Crippen LogP contribution in [0, 0.1) is 5.92 Å². The highest BCUT2D eigenvalue weighted by atomic mass is 15.0. The number of aromatic nitrogens is 1. The van der Waals surface area contributed by atoms with Crippen molar-refractivity contribution in [3.05, 3.63) is 36.0 Å². The van der Waals surface area contributed by atoms with Crippen LogP contribution in [0.25, 0.3) is 10.9 Å². The molecule has 0 bridgehead atoms. The van der Waals surface area contributed by atoms with Gasteiger partial charge in [-0.2, -0.15) is 0 Å². The van der Waals surface area contributed by atoms with Crippen LogP contribution in [0.3, 0.4) is 0 Å². The second-order valence-electron chi connectivity index (χ2n) is 5.10. The Morgan fingerprint density at radius 2 is 2.06 bits per heavy atom. The summed E-state index contributed by atoms with van der Waals surface area (Å²) in [6, 6.07) is 8.56. The van der Waals surface area contributed by atoms with Gasteiger partial charge in [0.15, 0.2) is 0 Å². The first kappa shape index (κ1) is 12.2. The van der Waals surface area contributed by atoms with Gasteiger partial charge in [-0.1, -0.05) is 32.0 Å². The fraction of sp³-hybridized carbons (Fsp3) is 0.467. The lowest BCUT2D eigenvalue weighted by Crippen LogP contribution is -2.03. The number of nitrogens with zero attached hydrogens (tertiary/aromatic N) is 1. The zero-order chi connectivity index (χ0) is 12.3. The molecule has 0 radical (unpaired) electrons. The Labute approximate surface area is 103 Å². The summed E-state index contributed by atoms with van der Waals surface area (Å²) in [4.78, 5) is 0. The molecule has 0 aliphatic rings. The van der Waals surface area contributed by atoms with Crippen LogP contribution in [-0.4, -0.2) is 4.57 Å². The summed E-state index contributed by atoms with van der Waals surface area (Å²) in [5.74, 6) is 0.783. The van der Waals surface area contributed by atoms with Crippen molar-refractivity contribution in [1.29, 1.82) is 0 Å². The van der Waals surface area contributed by atoms with E-state index in [1.807, 2.05) is 0 Å². The maximum absolute atomic E-state index is 5.81. The molecule has 0 saturated carbocycles. The largest absolute Gasteiger partial charge is 0.347 e. The number of hydrogen-bond acceptors (Lipinski definition) is 1. The highest BCUT2D eigenvalue weighted by Crippen LogP contribution is 2.21. The number of aryl methyl sites for hydroxylation is 1. The second-order valence-corrected chi connectivity index (χ2v) is 5.10. The van der Waals surface area contributed by atoms with E-state index in [0.717, 1.165) is 12.5 Å². The summed E-state index contributed by atoms with van der Waals surface area (Å²) < 4.78 is 2.35. The minimum Gasteiger partial charge on any atom is -0.347 e. The molecule has 0 aliphatic heterocycles. The molecule has 0 amide bonds. The molecule has 1 aromatic carbocycles. The molecule has 1 heterocycles. The first-order valence-corrected chi connectivity index (χ1v) is 6.49. The Kier molecular flexibility index (Phi) is 3.85. The van der Waals surface area contributed by atoms with E-state index in [1.54, 1.807) is 0 Å². The topological polar surface area (TPSA) is 30.9 Å². The highest BCUT2D eigenvalue weighted by molar-refractivity contribution is 5.83. The summed E-state index contributed by atoms with van der Waals surface area (Å²) in [5.41, 5.74) is 8.37. The van der Waals surface area contributed by atoms with Crippen LogP contribution < -0.4 is 5.73 Å². The molecule has 0 spiro atoms. The van der Waals surface area contributed by atoms with Crippen molar-refractivity contribution in [2.24, 2.45) is 11.7 Å². The van der Waals surface area contributed by atoms with Gasteiger partial charge in [0.1, 0.15) is 0 Å². The summed E-state index contributed by atoms with van der Waals surface area (Å²) >= 11 is 0. The Balaban J connectivity index is 2.22. The first-order chi connectivity index (χ1) is 8.22. The molecule has 2 heteroatoms. The molecule has 0 aliphatic carbocycles. The average Bonchev–Trinajstić information content (AvgIpc) is 2.72. The van der Waals surface area contributed by atoms with E-state index < -0.39 is 0 Å². The van der Waals surface area contributed by atoms with Gasteiger partial charge in [-0.05, 0) is 35.8 Å². The predicted molar refractivity (Wildman–Crippen MR) is 73.9 cm³/mol. The first-order valence-electron chi connectivity index (χ1n) is 6.49. The molecular formula is C15H22N2. The van der Waals surface area contributed by atoms with Crippen molar-refractivity contribution >= 4 is 10.9 Å². The zero-order valence-electron chi connectivity index (χ0n) is 10.8. The number of benzene rings is 1. The maximum Gasteiger partial charge on any atom is 0.0525 e. The molecule has 92 valence electrons. The Bertz CT molecular complexity index is 483. The fourth-order valence-corrected chi connectivity index (χ4v) is 2.36. The molecule has 0 fully saturated rings. The monoisotopic (exact) mass is 230 g/mol. The van der Waals surface area contributed by atoms with Gasteiger partial charge in [-0.3, -0.25) is 0 Å². The highest BCUT2D eigenvalue weighted by Gasteiger charge is 2.05. The zero-order valence-corrected chi connectivity index (χ0v) is 10.8. The van der Waals surface area contributed by atoms with E-state index in [9.17, 15) is 0 Å². The molecule has 0 unspecified atom stereocenters. The molecule has 0 atom stereocenters. The van der Waals surface area contributed by atoms with E-state index in [4.69, 9.17) is 5.73 Å².